The second kappa shape index (κ2) is 13.8. The lowest BCUT2D eigenvalue weighted by molar-refractivity contribution is 0.0575. The van der Waals surface area contributed by atoms with E-state index in [4.69, 9.17) is 16.2 Å². The molecule has 3 aromatic rings. The zero-order valence-corrected chi connectivity index (χ0v) is 26.7. The Balaban J connectivity index is 1.66. The Labute approximate surface area is 270 Å². The van der Waals surface area contributed by atoms with E-state index in [0.29, 0.717) is 29.7 Å². The van der Waals surface area contributed by atoms with Crippen LogP contribution in [0.1, 0.15) is 72.4 Å². The second-order valence-electron chi connectivity index (χ2n) is 12.5. The zero-order chi connectivity index (χ0) is 33.1. The number of hydrogen-bond donors (Lipinski definition) is 6. The van der Waals surface area contributed by atoms with Gasteiger partial charge in [0, 0.05) is 24.5 Å². The van der Waals surface area contributed by atoms with Gasteiger partial charge in [-0.15, -0.1) is 0 Å². The van der Waals surface area contributed by atoms with Gasteiger partial charge in [0.2, 0.25) is 5.72 Å². The minimum Gasteiger partial charge on any atom is -0.508 e. The number of guanidine groups is 1. The molecule has 0 aromatic heterocycles. The summed E-state index contributed by atoms with van der Waals surface area (Å²) in [6, 6.07) is 19.2. The van der Waals surface area contributed by atoms with E-state index >= 15 is 0 Å². The van der Waals surface area contributed by atoms with Crippen LogP contribution in [0.4, 0.5) is 0 Å². The monoisotopic (exact) mass is 649 g/mol. The van der Waals surface area contributed by atoms with Crippen molar-refractivity contribution >= 4 is 16.1 Å². The standard InChI is InChI=1S/C35H43N3O7S/c1-22-3-6-25-20-29-14-15-30(25)31(22)21-33(46(42,43)44)26(9-16-32(41)24-7-12-28(40)13-8-24)19-23-4-10-27(11-5-23)35(45-29,17-2-18-39)38-34(36)37/h4-5,7-16,20,22,26,31-33,39-41H,2-3,6,17-19,21H2,1H3,(H4,36,37,38)(H,42,43,44). The zero-order valence-electron chi connectivity index (χ0n) is 25.9. The van der Waals surface area contributed by atoms with E-state index in [1.807, 2.05) is 42.5 Å². The molecule has 8 N–H and O–H groups in total. The van der Waals surface area contributed by atoms with Gasteiger partial charge in [0.25, 0.3) is 10.1 Å². The quantitative estimate of drug-likeness (QED) is 0.0887. The van der Waals surface area contributed by atoms with E-state index in [-0.39, 0.29) is 43.0 Å². The molecule has 6 bridgehead atoms. The Morgan fingerprint density at radius 2 is 1.83 bits per heavy atom. The summed E-state index contributed by atoms with van der Waals surface area (Å²) in [7, 11) is -4.53. The number of nitrogens with zero attached hydrogens (tertiary/aromatic N) is 1. The van der Waals surface area contributed by atoms with Gasteiger partial charge in [0.05, 0.1) is 11.4 Å². The molecule has 0 radical (unpaired) electrons. The van der Waals surface area contributed by atoms with Crippen molar-refractivity contribution in [2.24, 2.45) is 28.3 Å². The minimum atomic E-state index is -4.53. The van der Waals surface area contributed by atoms with Gasteiger partial charge in [0.15, 0.2) is 5.96 Å². The molecule has 3 aromatic carbocycles. The van der Waals surface area contributed by atoms with Crippen LogP contribution in [0.2, 0.25) is 0 Å². The number of allylic oxidation sites excluding steroid dienone is 1. The summed E-state index contributed by atoms with van der Waals surface area (Å²) in [4.78, 5) is 4.55. The first kappa shape index (κ1) is 33.5. The maximum atomic E-state index is 13.2. The molecule has 3 aliphatic heterocycles. The highest BCUT2D eigenvalue weighted by atomic mass is 32.2. The molecule has 46 heavy (non-hydrogen) atoms. The largest absolute Gasteiger partial charge is 0.508 e. The van der Waals surface area contributed by atoms with Gasteiger partial charge in [-0.25, -0.2) is 4.99 Å². The normalized spacial score (nSPS) is 25.4. The number of rotatable bonds is 8. The van der Waals surface area contributed by atoms with Crippen molar-refractivity contribution in [3.63, 3.8) is 0 Å². The van der Waals surface area contributed by atoms with E-state index in [1.54, 1.807) is 18.2 Å². The van der Waals surface area contributed by atoms with E-state index in [1.165, 1.54) is 18.2 Å². The summed E-state index contributed by atoms with van der Waals surface area (Å²) in [5.41, 5.74) is 14.5. The van der Waals surface area contributed by atoms with Crippen molar-refractivity contribution in [3.05, 3.63) is 107 Å². The van der Waals surface area contributed by atoms with Crippen molar-refractivity contribution in [1.82, 2.24) is 0 Å². The van der Waals surface area contributed by atoms with Gasteiger partial charge in [0.1, 0.15) is 11.5 Å². The van der Waals surface area contributed by atoms with Crippen LogP contribution in [0.3, 0.4) is 0 Å². The Bertz CT molecular complexity index is 1670. The second-order valence-corrected chi connectivity index (χ2v) is 14.1. The van der Waals surface area contributed by atoms with Crippen molar-refractivity contribution in [2.45, 2.75) is 68.4 Å². The number of fused-ring (bicyclic) bond motifs is 2. The molecule has 11 heteroatoms. The lowest BCUT2D eigenvalue weighted by Gasteiger charge is -2.35. The van der Waals surface area contributed by atoms with Crippen molar-refractivity contribution < 1.29 is 33.0 Å². The van der Waals surface area contributed by atoms with Crippen LogP contribution < -0.4 is 16.2 Å². The molecule has 0 spiro atoms. The Morgan fingerprint density at radius 1 is 1.11 bits per heavy atom. The summed E-state index contributed by atoms with van der Waals surface area (Å²) in [6.45, 7) is 2.01. The van der Waals surface area contributed by atoms with E-state index in [9.17, 15) is 28.3 Å². The molecule has 3 heterocycles. The van der Waals surface area contributed by atoms with Gasteiger partial charge >= 0.3 is 0 Å². The third kappa shape index (κ3) is 7.55. The first-order valence-corrected chi connectivity index (χ1v) is 17.1. The van der Waals surface area contributed by atoms with Crippen LogP contribution >= 0.6 is 0 Å². The molecule has 0 fully saturated rings. The molecule has 0 saturated carbocycles. The lowest BCUT2D eigenvalue weighted by Crippen LogP contribution is -2.37. The molecular weight excluding hydrogens is 606 g/mol. The molecule has 246 valence electrons. The maximum absolute atomic E-state index is 13.2. The van der Waals surface area contributed by atoms with Crippen molar-refractivity contribution in [2.75, 3.05) is 6.61 Å². The van der Waals surface area contributed by atoms with Crippen LogP contribution in [-0.4, -0.2) is 46.1 Å². The van der Waals surface area contributed by atoms with Gasteiger partial charge in [-0.1, -0.05) is 61.5 Å². The predicted octanol–water partition coefficient (Wildman–Crippen LogP) is 4.44. The summed E-state index contributed by atoms with van der Waals surface area (Å²) in [5.74, 6) is -0.259. The van der Waals surface area contributed by atoms with Crippen LogP contribution in [0.15, 0.2) is 83.9 Å². The number of aromatic hydroxyl groups is 1. The Kier molecular flexibility index (Phi) is 10.1. The number of aliphatic hydroxyl groups is 2. The van der Waals surface area contributed by atoms with E-state index < -0.39 is 33.1 Å². The molecule has 4 aliphatic rings. The number of phenolic OH excluding ortho intramolecular Hbond substituents is 1. The molecule has 6 unspecified atom stereocenters. The van der Waals surface area contributed by atoms with Gasteiger partial charge < -0.3 is 31.5 Å². The fraction of sp³-hybridized carbons (Fsp3) is 0.400. The number of aryl methyl sites for hydroxylation is 1. The smallest absolute Gasteiger partial charge is 0.268 e. The summed E-state index contributed by atoms with van der Waals surface area (Å²) in [5, 5.41) is 29.2. The van der Waals surface area contributed by atoms with Crippen LogP contribution in [0, 0.1) is 11.8 Å². The Morgan fingerprint density at radius 3 is 2.48 bits per heavy atom. The summed E-state index contributed by atoms with van der Waals surface area (Å²) < 4.78 is 43.7. The minimum absolute atomic E-state index is 0.0660. The van der Waals surface area contributed by atoms with Gasteiger partial charge in [-0.05, 0) is 90.5 Å². The lowest BCUT2D eigenvalue weighted by atomic mass is 9.72. The number of benzene rings is 3. The van der Waals surface area contributed by atoms with Crippen molar-refractivity contribution in [1.29, 1.82) is 0 Å². The van der Waals surface area contributed by atoms with Crippen LogP contribution in [0.5, 0.6) is 11.5 Å². The number of phenols is 1. The molecule has 7 rings (SSSR count). The third-order valence-electron chi connectivity index (χ3n) is 9.34. The van der Waals surface area contributed by atoms with Gasteiger partial charge in [-0.3, -0.25) is 4.55 Å². The average Bonchev–Trinajstić information content (AvgIpc) is 3.01. The number of nitrogens with two attached hydrogens (primary N) is 2. The topological polar surface area (TPSA) is 189 Å². The van der Waals surface area contributed by atoms with E-state index in [0.717, 1.165) is 29.5 Å². The molecule has 6 atom stereocenters. The fourth-order valence-electron chi connectivity index (χ4n) is 6.89. The summed E-state index contributed by atoms with van der Waals surface area (Å²) in [6.07, 6.45) is 4.84. The average molecular weight is 650 g/mol. The third-order valence-corrected chi connectivity index (χ3v) is 10.6. The number of ether oxygens (including phenoxy) is 1. The summed E-state index contributed by atoms with van der Waals surface area (Å²) >= 11 is 0. The highest BCUT2D eigenvalue weighted by molar-refractivity contribution is 7.86. The van der Waals surface area contributed by atoms with Crippen molar-refractivity contribution in [3.8, 4) is 11.5 Å². The molecular formula is C35H43N3O7S. The molecule has 1 aliphatic carbocycles. The molecule has 10 nitrogen and oxygen atoms in total. The van der Waals surface area contributed by atoms with Crippen LogP contribution in [-0.2, 0) is 28.7 Å². The predicted molar refractivity (Wildman–Crippen MR) is 177 cm³/mol. The molecule has 0 saturated heterocycles. The SMILES string of the molecule is CC1CCc2cc3ccc2C1CC(S(=O)(=O)O)C(C=CC(O)c1ccc(O)cc1)Cc1ccc(cc1)C(CCCO)(N=C(N)N)O3. The number of aliphatic hydroxyl groups excluding tert-OH is 2. The number of aliphatic imine (C=N–C) groups is 1. The first-order valence-electron chi connectivity index (χ1n) is 15.6. The van der Waals surface area contributed by atoms with Gasteiger partial charge in [-0.2, -0.15) is 8.42 Å². The number of hydrogen-bond acceptors (Lipinski definition) is 7. The van der Waals surface area contributed by atoms with Crippen LogP contribution in [0.25, 0.3) is 0 Å². The maximum Gasteiger partial charge on any atom is 0.268 e. The highest BCUT2D eigenvalue weighted by Crippen LogP contribution is 2.44. The molecule has 0 amide bonds. The van der Waals surface area contributed by atoms with E-state index in [2.05, 4.69) is 11.9 Å². The Hall–Kier alpha value is -3.90. The highest BCUT2D eigenvalue weighted by Gasteiger charge is 2.39. The first-order chi connectivity index (χ1) is 21.9. The fourth-order valence-corrected chi connectivity index (χ4v) is 7.97.